The fraction of sp³-hybridized carbons (Fsp3) is 0.857. The fourth-order valence-corrected chi connectivity index (χ4v) is 5.49. The van der Waals surface area contributed by atoms with E-state index in [1.54, 1.807) is 0 Å². The number of halogens is 2. The molecule has 0 N–H and O–H groups in total. The zero-order chi connectivity index (χ0) is 15.7. The Morgan fingerprint density at radius 3 is 1.58 bits per heavy atom. The Hall–Kier alpha value is 1.37. The molecule has 0 amide bonds. The molecular weight excluding hydrogens is 390 g/mol. The van der Waals surface area contributed by atoms with E-state index in [0.29, 0.717) is 10.3 Å². The third-order valence-corrected chi connectivity index (χ3v) is 6.36. The van der Waals surface area contributed by atoms with Crippen LogP contribution in [0.2, 0.25) is 0 Å². The van der Waals surface area contributed by atoms with Crippen molar-refractivity contribution in [2.24, 2.45) is 0 Å². The monoisotopic (exact) mass is 419 g/mol. The van der Waals surface area contributed by atoms with Crippen LogP contribution in [0.1, 0.15) is 41.5 Å². The van der Waals surface area contributed by atoms with Gasteiger partial charge in [-0.2, -0.15) is 0 Å². The fourth-order valence-electron chi connectivity index (χ4n) is 2.02. The van der Waals surface area contributed by atoms with Crippen LogP contribution in [0.15, 0.2) is 12.2 Å². The van der Waals surface area contributed by atoms with Crippen LogP contribution < -0.4 is 0 Å². The van der Waals surface area contributed by atoms with Gasteiger partial charge in [-0.05, 0) is 30.6 Å². The Balaban J connectivity index is 0. The summed E-state index contributed by atoms with van der Waals surface area (Å²) in [4.78, 5) is 2.20. The van der Waals surface area contributed by atoms with Crippen molar-refractivity contribution in [2.45, 2.75) is 51.9 Å². The molecule has 5 heteroatoms. The van der Waals surface area contributed by atoms with Crippen molar-refractivity contribution < 1.29 is 15.9 Å². The summed E-state index contributed by atoms with van der Waals surface area (Å²) in [6.07, 6.45) is 5.92. The first-order chi connectivity index (χ1) is 8.46. The SMILES string of the molecule is CN(C)CC=CCP(C(C)(C)C)C(C)(C)C.[Cl][Pd][Cl]. The van der Waals surface area contributed by atoms with Crippen LogP contribution in [0.5, 0.6) is 0 Å². The van der Waals surface area contributed by atoms with Gasteiger partial charge in [-0.15, -0.1) is 0 Å². The van der Waals surface area contributed by atoms with E-state index in [1.165, 1.54) is 6.16 Å². The van der Waals surface area contributed by atoms with Gasteiger partial charge in [0, 0.05) is 6.54 Å². The average molecular weight is 421 g/mol. The zero-order valence-corrected chi connectivity index (χ0v) is 17.5. The predicted molar refractivity (Wildman–Crippen MR) is 90.7 cm³/mol. The second-order valence-corrected chi connectivity index (χ2v) is 13.0. The Morgan fingerprint density at radius 2 is 1.32 bits per heavy atom. The van der Waals surface area contributed by atoms with E-state index >= 15 is 0 Å². The molecule has 0 bridgehead atoms. The summed E-state index contributed by atoms with van der Waals surface area (Å²) < 4.78 is 0. The van der Waals surface area contributed by atoms with Gasteiger partial charge >= 0.3 is 35.0 Å². The Bertz CT molecular complexity index is 231. The number of nitrogens with zero attached hydrogens (tertiary/aromatic N) is 1. The van der Waals surface area contributed by atoms with Crippen LogP contribution >= 0.6 is 27.0 Å². The van der Waals surface area contributed by atoms with Crippen molar-refractivity contribution >= 4 is 27.0 Å². The molecule has 19 heavy (non-hydrogen) atoms. The first-order valence-electron chi connectivity index (χ1n) is 6.36. The predicted octanol–water partition coefficient (Wildman–Crippen LogP) is 5.56. The van der Waals surface area contributed by atoms with E-state index in [4.69, 9.17) is 19.1 Å². The van der Waals surface area contributed by atoms with Gasteiger partial charge in [-0.25, -0.2) is 0 Å². The molecule has 0 aromatic carbocycles. The average Bonchev–Trinajstić information content (AvgIpc) is 2.13. The molecule has 0 aromatic heterocycles. The topological polar surface area (TPSA) is 3.24 Å². The quantitative estimate of drug-likeness (QED) is 0.327. The van der Waals surface area contributed by atoms with Crippen LogP contribution in [0.4, 0.5) is 0 Å². The maximum absolute atomic E-state index is 4.81. The summed E-state index contributed by atoms with van der Waals surface area (Å²) in [5.41, 5.74) is 0. The first-order valence-corrected chi connectivity index (χ1v) is 11.9. The molecule has 0 aliphatic carbocycles. The molecule has 0 atom stereocenters. The van der Waals surface area contributed by atoms with Crippen molar-refractivity contribution in [1.29, 1.82) is 0 Å². The van der Waals surface area contributed by atoms with Crippen LogP contribution in [-0.4, -0.2) is 42.0 Å². The number of hydrogen-bond acceptors (Lipinski definition) is 1. The molecule has 0 rings (SSSR count). The molecule has 0 heterocycles. The van der Waals surface area contributed by atoms with Gasteiger partial charge in [0.15, 0.2) is 0 Å². The van der Waals surface area contributed by atoms with E-state index in [-0.39, 0.29) is 23.9 Å². The van der Waals surface area contributed by atoms with Crippen molar-refractivity contribution in [1.82, 2.24) is 4.90 Å². The second kappa shape index (κ2) is 11.0. The van der Waals surface area contributed by atoms with Crippen molar-refractivity contribution in [3.05, 3.63) is 12.2 Å². The van der Waals surface area contributed by atoms with Crippen molar-refractivity contribution in [3.63, 3.8) is 0 Å². The first kappa shape index (κ1) is 22.7. The Morgan fingerprint density at radius 1 is 0.947 bits per heavy atom. The van der Waals surface area contributed by atoms with Crippen molar-refractivity contribution in [2.75, 3.05) is 26.8 Å². The molecule has 120 valence electrons. The third kappa shape index (κ3) is 14.1. The van der Waals surface area contributed by atoms with Crippen LogP contribution in [0, 0.1) is 0 Å². The van der Waals surface area contributed by atoms with Gasteiger partial charge in [0.05, 0.1) is 0 Å². The van der Waals surface area contributed by atoms with Gasteiger partial charge in [0.25, 0.3) is 0 Å². The summed E-state index contributed by atoms with van der Waals surface area (Å²) in [7, 11) is 13.9. The Labute approximate surface area is 138 Å². The summed E-state index contributed by atoms with van der Waals surface area (Å²) in [6.45, 7) is 15.3. The molecule has 1 nitrogen and oxygen atoms in total. The van der Waals surface area contributed by atoms with Gasteiger partial charge in [-0.1, -0.05) is 61.6 Å². The molecule has 0 aliphatic rings. The molecule has 0 saturated heterocycles. The van der Waals surface area contributed by atoms with Gasteiger partial charge < -0.3 is 4.90 Å². The molecule has 0 spiro atoms. The molecule has 0 aromatic rings. The minimum absolute atomic E-state index is 0.0210. The molecule has 0 unspecified atom stereocenters. The van der Waals surface area contributed by atoms with Gasteiger partial charge in [0.1, 0.15) is 0 Å². The van der Waals surface area contributed by atoms with Crippen LogP contribution in [-0.2, 0) is 15.9 Å². The summed E-state index contributed by atoms with van der Waals surface area (Å²) >= 11 is -0.106. The third-order valence-electron chi connectivity index (χ3n) is 2.54. The van der Waals surface area contributed by atoms with Crippen LogP contribution in [0.3, 0.4) is 0 Å². The number of allylic oxidation sites excluding steroid dienone is 1. The van der Waals surface area contributed by atoms with Gasteiger partial charge in [0.2, 0.25) is 0 Å². The second-order valence-electron chi connectivity index (χ2n) is 6.73. The minimum atomic E-state index is -0.106. The standard InChI is InChI=1S/C14H30NP.2ClH.Pd/c1-13(2,3)16(14(4,5)6)12-10-9-11-15(7)8;;;/h9-10H,11-12H2,1-8H3;2*1H;/q;;;+2/p-2. The van der Waals surface area contributed by atoms with Crippen molar-refractivity contribution in [3.8, 4) is 0 Å². The molecule has 0 aliphatic heterocycles. The molecule has 0 saturated carbocycles. The Kier molecular flexibility index (Phi) is 13.1. The number of hydrogen-bond donors (Lipinski definition) is 0. The van der Waals surface area contributed by atoms with E-state index in [0.717, 1.165) is 6.54 Å². The molecule has 0 fully saturated rings. The van der Waals surface area contributed by atoms with E-state index in [1.807, 2.05) is 0 Å². The summed E-state index contributed by atoms with van der Waals surface area (Å²) in [6, 6.07) is 0. The maximum atomic E-state index is 4.81. The summed E-state index contributed by atoms with van der Waals surface area (Å²) in [5, 5.41) is 0.881. The van der Waals surface area contributed by atoms with E-state index < -0.39 is 0 Å². The van der Waals surface area contributed by atoms with E-state index in [9.17, 15) is 0 Å². The zero-order valence-electron chi connectivity index (χ0n) is 13.5. The van der Waals surface area contributed by atoms with E-state index in [2.05, 4.69) is 72.7 Å². The number of likely N-dealkylation sites (N-methyl/N-ethyl adjacent to an activating group) is 1. The number of rotatable bonds is 4. The normalized spacial score (nSPS) is 13.3. The van der Waals surface area contributed by atoms with Crippen LogP contribution in [0.25, 0.3) is 0 Å². The molecule has 0 radical (unpaired) electrons. The van der Waals surface area contributed by atoms with Gasteiger partial charge in [-0.3, -0.25) is 0 Å². The molecular formula is C14H30Cl2NPPd. The summed E-state index contributed by atoms with van der Waals surface area (Å²) in [5.74, 6) is 0.